The van der Waals surface area contributed by atoms with Crippen molar-refractivity contribution in [3.63, 3.8) is 0 Å². The average molecular weight is 407 g/mol. The minimum atomic E-state index is -2.89. The summed E-state index contributed by atoms with van der Waals surface area (Å²) in [5.41, 5.74) is 4.81. The predicted octanol–water partition coefficient (Wildman–Crippen LogP) is 6.83. The molecule has 0 aliphatic carbocycles. The first-order valence-corrected chi connectivity index (χ1v) is 11.4. The molecule has 1 aliphatic heterocycles. The molecule has 6 rings (SSSR count). The Balaban J connectivity index is 1.87. The first-order chi connectivity index (χ1) is 14.8. The van der Waals surface area contributed by atoms with Crippen LogP contribution in [0.4, 0.5) is 5.69 Å². The first kappa shape index (κ1) is 17.2. The third-order valence-corrected chi connectivity index (χ3v) is 7.85. The van der Waals surface area contributed by atoms with Gasteiger partial charge in [0.25, 0.3) is 0 Å². The van der Waals surface area contributed by atoms with Gasteiger partial charge in [-0.15, -0.1) is 0 Å². The summed E-state index contributed by atoms with van der Waals surface area (Å²) in [6.45, 7) is 0. The minimum Gasteiger partial charge on any atom is -0.301 e. The molecule has 0 radical (unpaired) electrons. The van der Waals surface area contributed by atoms with Crippen molar-refractivity contribution in [3.8, 4) is 16.8 Å². The quantitative estimate of drug-likeness (QED) is 0.310. The molecular weight excluding hydrogens is 388 g/mol. The Morgan fingerprint density at radius 2 is 1.30 bits per heavy atom. The van der Waals surface area contributed by atoms with Gasteiger partial charge in [-0.25, -0.2) is 4.21 Å². The highest BCUT2D eigenvalue weighted by atomic mass is 32.2. The van der Waals surface area contributed by atoms with E-state index in [1.54, 1.807) is 0 Å². The van der Waals surface area contributed by atoms with Crippen molar-refractivity contribution in [3.05, 3.63) is 109 Å². The highest BCUT2D eigenvalue weighted by molar-refractivity contribution is 7.94. The molecule has 1 aliphatic rings. The summed E-state index contributed by atoms with van der Waals surface area (Å²) in [6.07, 6.45) is 0. The zero-order chi connectivity index (χ0) is 20.1. The van der Waals surface area contributed by atoms with Crippen LogP contribution >= 0.6 is 0 Å². The Labute approximate surface area is 175 Å². The van der Waals surface area contributed by atoms with Crippen molar-refractivity contribution in [2.24, 2.45) is 4.36 Å². The second-order valence-electron chi connectivity index (χ2n) is 7.32. The van der Waals surface area contributed by atoms with Gasteiger partial charge >= 0.3 is 0 Å². The van der Waals surface area contributed by atoms with E-state index in [-0.39, 0.29) is 0 Å². The number of fused-ring (bicyclic) bond motifs is 5. The van der Waals surface area contributed by atoms with Crippen LogP contribution in [-0.4, -0.2) is 8.78 Å². The van der Waals surface area contributed by atoms with Gasteiger partial charge in [-0.2, -0.15) is 4.36 Å². The molecule has 5 aromatic rings. The molecule has 144 valence electrons. The van der Waals surface area contributed by atoms with Gasteiger partial charge in [0.1, 0.15) is 14.8 Å². The predicted molar refractivity (Wildman–Crippen MR) is 122 cm³/mol. The Bertz CT molecular complexity index is 1490. The molecule has 0 spiro atoms. The van der Waals surface area contributed by atoms with Crippen LogP contribution < -0.4 is 0 Å². The number of hydrogen-bond acceptors (Lipinski definition) is 2. The van der Waals surface area contributed by atoms with Gasteiger partial charge in [0.15, 0.2) is 0 Å². The van der Waals surface area contributed by atoms with E-state index in [1.165, 1.54) is 0 Å². The molecule has 1 unspecified atom stereocenters. The van der Waals surface area contributed by atoms with Crippen molar-refractivity contribution in [2.75, 3.05) is 0 Å². The van der Waals surface area contributed by atoms with Gasteiger partial charge in [-0.1, -0.05) is 72.8 Å². The van der Waals surface area contributed by atoms with Crippen LogP contribution in [0.3, 0.4) is 0 Å². The molecule has 4 heteroatoms. The smallest absolute Gasteiger partial charge is 0.134 e. The lowest BCUT2D eigenvalue weighted by atomic mass is 10.0. The Hall–Kier alpha value is -3.63. The summed E-state index contributed by atoms with van der Waals surface area (Å²) in [7, 11) is -2.89. The van der Waals surface area contributed by atoms with Gasteiger partial charge in [0.2, 0.25) is 0 Å². The summed E-state index contributed by atoms with van der Waals surface area (Å²) < 4.78 is 21.8. The minimum absolute atomic E-state index is 0.723. The molecule has 3 nitrogen and oxygen atoms in total. The van der Waals surface area contributed by atoms with E-state index >= 15 is 0 Å². The summed E-state index contributed by atoms with van der Waals surface area (Å²) in [4.78, 5) is 0.723. The van der Waals surface area contributed by atoms with E-state index in [1.807, 2.05) is 78.9 Å². The summed E-state index contributed by atoms with van der Waals surface area (Å²) >= 11 is 0. The van der Waals surface area contributed by atoms with Gasteiger partial charge < -0.3 is 4.57 Å². The molecular formula is C26H18N2OS. The number of aromatic nitrogens is 1. The average Bonchev–Trinajstić information content (AvgIpc) is 3.17. The second kappa shape index (κ2) is 6.44. The van der Waals surface area contributed by atoms with Crippen LogP contribution in [0.15, 0.2) is 123 Å². The maximum atomic E-state index is 14.8. The van der Waals surface area contributed by atoms with E-state index in [2.05, 4.69) is 34.9 Å². The number of hydrogen-bond donors (Lipinski definition) is 0. The number of nitrogens with zero attached hydrogens (tertiary/aromatic N) is 2. The fourth-order valence-corrected chi connectivity index (χ4v) is 6.61. The number of para-hydroxylation sites is 2. The van der Waals surface area contributed by atoms with Crippen molar-refractivity contribution in [1.82, 2.24) is 4.57 Å². The molecule has 2 heterocycles. The van der Waals surface area contributed by atoms with Crippen LogP contribution in [0.5, 0.6) is 0 Å². The van der Waals surface area contributed by atoms with E-state index in [0.717, 1.165) is 43.3 Å². The van der Waals surface area contributed by atoms with E-state index in [0.29, 0.717) is 0 Å². The lowest BCUT2D eigenvalue weighted by Gasteiger charge is -2.21. The molecule has 0 N–H and O–H groups in total. The zero-order valence-corrected chi connectivity index (χ0v) is 16.9. The third kappa shape index (κ3) is 2.34. The van der Waals surface area contributed by atoms with Gasteiger partial charge in [0.05, 0.1) is 16.1 Å². The number of benzene rings is 4. The van der Waals surface area contributed by atoms with Crippen molar-refractivity contribution in [2.45, 2.75) is 9.92 Å². The summed E-state index contributed by atoms with van der Waals surface area (Å²) in [5.74, 6) is 0. The molecule has 30 heavy (non-hydrogen) atoms. The molecule has 1 atom stereocenters. The Morgan fingerprint density at radius 3 is 2.10 bits per heavy atom. The summed E-state index contributed by atoms with van der Waals surface area (Å²) in [5, 5.41) is 1.84. The zero-order valence-electron chi connectivity index (χ0n) is 16.1. The summed E-state index contributed by atoms with van der Waals surface area (Å²) in [6, 6.07) is 36.0. The van der Waals surface area contributed by atoms with Crippen molar-refractivity contribution in [1.29, 1.82) is 0 Å². The topological polar surface area (TPSA) is 34.4 Å². The van der Waals surface area contributed by atoms with Gasteiger partial charge in [0, 0.05) is 22.2 Å². The fraction of sp³-hybridized carbons (Fsp3) is 0. The SMILES string of the molecule is O=S1(c2ccccc2)=Nc2ccccc2-c2c1n(-c1ccccc1)c1ccccc21. The molecule has 0 saturated carbocycles. The monoisotopic (exact) mass is 406 g/mol. The van der Waals surface area contributed by atoms with Crippen LogP contribution in [0.2, 0.25) is 0 Å². The molecule has 0 saturated heterocycles. The normalized spacial score (nSPS) is 17.2. The lowest BCUT2D eigenvalue weighted by molar-refractivity contribution is 0.671. The van der Waals surface area contributed by atoms with Crippen LogP contribution in [-0.2, 0) is 9.73 Å². The largest absolute Gasteiger partial charge is 0.301 e. The standard InChI is InChI=1S/C26H18N2OS/c29-30(20-13-5-2-6-14-20)26-25(21-15-7-9-17-23(21)27-30)22-16-8-10-18-24(22)28(26)19-11-3-1-4-12-19/h1-18H. The fourth-order valence-electron chi connectivity index (χ4n) is 4.29. The lowest BCUT2D eigenvalue weighted by Crippen LogP contribution is -2.12. The highest BCUT2D eigenvalue weighted by Crippen LogP contribution is 2.49. The highest BCUT2D eigenvalue weighted by Gasteiger charge is 2.33. The Morgan fingerprint density at radius 1 is 0.667 bits per heavy atom. The third-order valence-electron chi connectivity index (χ3n) is 5.57. The maximum Gasteiger partial charge on any atom is 0.134 e. The number of rotatable bonds is 2. The van der Waals surface area contributed by atoms with Crippen LogP contribution in [0.25, 0.3) is 27.7 Å². The van der Waals surface area contributed by atoms with Crippen LogP contribution in [0.1, 0.15) is 0 Å². The van der Waals surface area contributed by atoms with Gasteiger partial charge in [-0.05, 0) is 36.4 Å². The van der Waals surface area contributed by atoms with Crippen LogP contribution in [0, 0.1) is 0 Å². The van der Waals surface area contributed by atoms with E-state index in [9.17, 15) is 4.21 Å². The van der Waals surface area contributed by atoms with E-state index in [4.69, 9.17) is 4.36 Å². The molecule has 0 fully saturated rings. The van der Waals surface area contributed by atoms with Crippen molar-refractivity contribution >= 4 is 26.3 Å². The molecule has 1 aromatic heterocycles. The second-order valence-corrected chi connectivity index (χ2v) is 9.41. The molecule has 4 aromatic carbocycles. The first-order valence-electron chi connectivity index (χ1n) is 9.88. The van der Waals surface area contributed by atoms with Crippen molar-refractivity contribution < 1.29 is 4.21 Å². The Kier molecular flexibility index (Phi) is 3.70. The van der Waals surface area contributed by atoms with Gasteiger partial charge in [-0.3, -0.25) is 0 Å². The molecule has 0 bridgehead atoms. The molecule has 0 amide bonds. The maximum absolute atomic E-state index is 14.8. The van der Waals surface area contributed by atoms with E-state index < -0.39 is 9.73 Å².